The van der Waals surface area contributed by atoms with Gasteiger partial charge in [-0.3, -0.25) is 0 Å². The van der Waals surface area contributed by atoms with E-state index >= 15 is 0 Å². The van der Waals surface area contributed by atoms with E-state index in [4.69, 9.17) is 0 Å². The zero-order chi connectivity index (χ0) is 7.98. The smallest absolute Gasteiger partial charge is 0.0498 e. The van der Waals surface area contributed by atoms with E-state index in [1.807, 2.05) is 0 Å². The molecule has 0 heterocycles. The van der Waals surface area contributed by atoms with Crippen molar-refractivity contribution in [1.29, 1.82) is 0 Å². The summed E-state index contributed by atoms with van der Waals surface area (Å²) in [5.41, 5.74) is 0. The molecule has 58 valence electrons. The van der Waals surface area contributed by atoms with Gasteiger partial charge in [-0.05, 0) is 12.3 Å². The third-order valence-corrected chi connectivity index (χ3v) is 1.56. The van der Waals surface area contributed by atoms with Crippen LogP contribution in [0.3, 0.4) is 0 Å². The fraction of sp³-hybridized carbons (Fsp3) is 0.714. The summed E-state index contributed by atoms with van der Waals surface area (Å²) < 4.78 is 3.77. The minimum absolute atomic E-state index is 0.659. The van der Waals surface area contributed by atoms with Crippen LogP contribution in [-0.4, -0.2) is 7.05 Å². The molecule has 0 N–H and O–H groups in total. The fourth-order valence-electron chi connectivity index (χ4n) is 0.591. The van der Waals surface area contributed by atoms with Gasteiger partial charge >= 0.3 is 0 Å². The maximum Gasteiger partial charge on any atom is 0.0498 e. The SMILES string of the molecule is C=C(CC(C)C)SN=NC. The molecule has 0 aromatic heterocycles. The van der Waals surface area contributed by atoms with Crippen molar-refractivity contribution in [2.24, 2.45) is 15.6 Å². The Labute approximate surface area is 66.9 Å². The molecule has 0 amide bonds. The van der Waals surface area contributed by atoms with Crippen molar-refractivity contribution in [3.63, 3.8) is 0 Å². The van der Waals surface area contributed by atoms with Gasteiger partial charge < -0.3 is 0 Å². The monoisotopic (exact) mass is 158 g/mol. The zero-order valence-corrected chi connectivity index (χ0v) is 7.61. The molecule has 0 aromatic rings. The second-order valence-electron chi connectivity index (χ2n) is 2.51. The standard InChI is InChI=1S/C7H14N2S/c1-6(2)5-7(3)10-9-8-4/h6H,3,5H2,1-2,4H3. The average molecular weight is 158 g/mol. The van der Waals surface area contributed by atoms with Crippen LogP contribution in [0.25, 0.3) is 0 Å². The summed E-state index contributed by atoms with van der Waals surface area (Å²) in [5.74, 6) is 0.659. The van der Waals surface area contributed by atoms with E-state index in [1.165, 1.54) is 11.9 Å². The Hall–Kier alpha value is -0.310. The summed E-state index contributed by atoms with van der Waals surface area (Å²) in [6.07, 6.45) is 1.02. The topological polar surface area (TPSA) is 24.7 Å². The van der Waals surface area contributed by atoms with Crippen molar-refractivity contribution in [2.45, 2.75) is 20.3 Å². The molecule has 0 unspecified atom stereocenters. The highest BCUT2D eigenvalue weighted by Crippen LogP contribution is 2.22. The first-order valence-corrected chi connectivity index (χ1v) is 4.08. The largest absolute Gasteiger partial charge is 0.185 e. The number of rotatable bonds is 4. The average Bonchev–Trinajstić information content (AvgIpc) is 1.82. The first kappa shape index (κ1) is 9.69. The van der Waals surface area contributed by atoms with Gasteiger partial charge in [-0.2, -0.15) is 5.11 Å². The lowest BCUT2D eigenvalue weighted by Gasteiger charge is -2.02. The molecule has 0 aliphatic rings. The van der Waals surface area contributed by atoms with Gasteiger partial charge in [0.2, 0.25) is 0 Å². The third-order valence-electron chi connectivity index (χ3n) is 0.887. The summed E-state index contributed by atoms with van der Waals surface area (Å²) in [5, 5.41) is 3.61. The van der Waals surface area contributed by atoms with Crippen molar-refractivity contribution >= 4 is 11.9 Å². The molecular formula is C7H14N2S. The molecule has 0 rings (SSSR count). The predicted molar refractivity (Wildman–Crippen MR) is 47.0 cm³/mol. The van der Waals surface area contributed by atoms with Gasteiger partial charge in [0.1, 0.15) is 0 Å². The summed E-state index contributed by atoms with van der Waals surface area (Å²) in [6.45, 7) is 8.16. The van der Waals surface area contributed by atoms with Gasteiger partial charge in [0.15, 0.2) is 0 Å². The number of hydrogen-bond donors (Lipinski definition) is 0. The molecular weight excluding hydrogens is 144 g/mol. The fourth-order valence-corrected chi connectivity index (χ4v) is 1.20. The molecule has 0 aromatic carbocycles. The number of hydrogen-bond acceptors (Lipinski definition) is 3. The van der Waals surface area contributed by atoms with Gasteiger partial charge in [0.25, 0.3) is 0 Å². The van der Waals surface area contributed by atoms with Crippen molar-refractivity contribution in [3.05, 3.63) is 11.5 Å². The lowest BCUT2D eigenvalue weighted by Crippen LogP contribution is -1.85. The first-order valence-electron chi connectivity index (χ1n) is 3.30. The Morgan fingerprint density at radius 2 is 2.20 bits per heavy atom. The van der Waals surface area contributed by atoms with E-state index < -0.39 is 0 Å². The van der Waals surface area contributed by atoms with E-state index in [-0.39, 0.29) is 0 Å². The van der Waals surface area contributed by atoms with Crippen LogP contribution >= 0.6 is 11.9 Å². The second-order valence-corrected chi connectivity index (χ2v) is 3.43. The molecule has 3 heteroatoms. The lowest BCUT2D eigenvalue weighted by molar-refractivity contribution is 0.659. The van der Waals surface area contributed by atoms with Crippen LogP contribution in [0.4, 0.5) is 0 Å². The van der Waals surface area contributed by atoms with E-state index in [2.05, 4.69) is 30.1 Å². The van der Waals surface area contributed by atoms with Crippen LogP contribution in [0.2, 0.25) is 0 Å². The van der Waals surface area contributed by atoms with Crippen LogP contribution in [-0.2, 0) is 0 Å². The van der Waals surface area contributed by atoms with Gasteiger partial charge in [-0.25, -0.2) is 0 Å². The summed E-state index contributed by atoms with van der Waals surface area (Å²) in [6, 6.07) is 0. The number of allylic oxidation sites excluding steroid dienone is 1. The summed E-state index contributed by atoms with van der Waals surface area (Å²) >= 11 is 1.37. The van der Waals surface area contributed by atoms with Crippen LogP contribution in [0.1, 0.15) is 20.3 Å². The summed E-state index contributed by atoms with van der Waals surface area (Å²) in [7, 11) is 1.66. The minimum atomic E-state index is 0.659. The predicted octanol–water partition coefficient (Wildman–Crippen LogP) is 3.28. The maximum atomic E-state index is 3.84. The minimum Gasteiger partial charge on any atom is -0.185 e. The van der Waals surface area contributed by atoms with E-state index in [1.54, 1.807) is 7.05 Å². The maximum absolute atomic E-state index is 3.84. The van der Waals surface area contributed by atoms with Gasteiger partial charge in [0, 0.05) is 23.9 Å². The van der Waals surface area contributed by atoms with Gasteiger partial charge in [0.05, 0.1) is 0 Å². The molecule has 0 saturated heterocycles. The molecule has 2 nitrogen and oxygen atoms in total. The zero-order valence-electron chi connectivity index (χ0n) is 6.79. The van der Waals surface area contributed by atoms with Crippen LogP contribution in [0, 0.1) is 5.92 Å². The highest BCUT2D eigenvalue weighted by atomic mass is 32.2. The summed E-state index contributed by atoms with van der Waals surface area (Å²) in [4.78, 5) is 1.08. The van der Waals surface area contributed by atoms with Gasteiger partial charge in [-0.1, -0.05) is 20.4 Å². The Kier molecular flexibility index (Phi) is 5.30. The van der Waals surface area contributed by atoms with Crippen LogP contribution in [0.5, 0.6) is 0 Å². The molecule has 0 spiro atoms. The molecule has 0 atom stereocenters. The quantitative estimate of drug-likeness (QED) is 0.455. The highest BCUT2D eigenvalue weighted by molar-refractivity contribution is 8.01. The molecule has 0 aliphatic carbocycles. The highest BCUT2D eigenvalue weighted by Gasteiger charge is 1.97. The molecule has 0 fully saturated rings. The lowest BCUT2D eigenvalue weighted by atomic mass is 10.1. The van der Waals surface area contributed by atoms with Gasteiger partial charge in [-0.15, -0.1) is 4.52 Å². The van der Waals surface area contributed by atoms with Crippen molar-refractivity contribution in [1.82, 2.24) is 0 Å². The third kappa shape index (κ3) is 5.82. The van der Waals surface area contributed by atoms with Crippen LogP contribution < -0.4 is 0 Å². The van der Waals surface area contributed by atoms with Crippen molar-refractivity contribution < 1.29 is 0 Å². The molecule has 0 aliphatic heterocycles. The first-order chi connectivity index (χ1) is 4.66. The second kappa shape index (κ2) is 5.47. The van der Waals surface area contributed by atoms with Crippen molar-refractivity contribution in [3.8, 4) is 0 Å². The Bertz CT molecular complexity index is 130. The normalized spacial score (nSPS) is 11.2. The molecule has 0 saturated carbocycles. The molecule has 0 bridgehead atoms. The Morgan fingerprint density at radius 1 is 1.60 bits per heavy atom. The van der Waals surface area contributed by atoms with E-state index in [0.29, 0.717) is 5.92 Å². The van der Waals surface area contributed by atoms with Crippen LogP contribution in [0.15, 0.2) is 21.1 Å². The molecule has 10 heavy (non-hydrogen) atoms. The van der Waals surface area contributed by atoms with E-state index in [0.717, 1.165) is 11.3 Å². The number of nitrogens with zero attached hydrogens (tertiary/aromatic N) is 2. The van der Waals surface area contributed by atoms with E-state index in [9.17, 15) is 0 Å². The Balaban J connectivity index is 3.44. The molecule has 0 radical (unpaired) electrons. The Morgan fingerprint density at radius 3 is 2.60 bits per heavy atom. The van der Waals surface area contributed by atoms with Crippen molar-refractivity contribution in [2.75, 3.05) is 7.05 Å².